The lowest BCUT2D eigenvalue weighted by molar-refractivity contribution is -0.0893. The molecule has 16 heavy (non-hydrogen) atoms. The topological polar surface area (TPSA) is 72.7 Å². The van der Waals surface area contributed by atoms with Gasteiger partial charge in [-0.2, -0.15) is 0 Å². The van der Waals surface area contributed by atoms with Crippen molar-refractivity contribution >= 4 is 5.69 Å². The van der Waals surface area contributed by atoms with Crippen LogP contribution in [0.15, 0.2) is 30.3 Å². The Morgan fingerprint density at radius 2 is 1.62 bits per heavy atom. The minimum Gasteiger partial charge on any atom is -0.390 e. The molecule has 4 nitrogen and oxygen atoms in total. The van der Waals surface area contributed by atoms with E-state index in [2.05, 4.69) is 5.32 Å². The van der Waals surface area contributed by atoms with E-state index in [9.17, 15) is 15.3 Å². The fourth-order valence-corrected chi connectivity index (χ4v) is 2.06. The van der Waals surface area contributed by atoms with Crippen LogP contribution >= 0.6 is 0 Å². The Morgan fingerprint density at radius 3 is 2.31 bits per heavy atom. The smallest absolute Gasteiger partial charge is 0.108 e. The summed E-state index contributed by atoms with van der Waals surface area (Å²) in [7, 11) is 0. The summed E-state index contributed by atoms with van der Waals surface area (Å²) in [6.45, 7) is 0. The molecule has 88 valence electrons. The van der Waals surface area contributed by atoms with Gasteiger partial charge in [0.25, 0.3) is 0 Å². The molecule has 0 heterocycles. The second kappa shape index (κ2) is 4.82. The number of nitrogens with one attached hydrogen (secondary N) is 1. The van der Waals surface area contributed by atoms with Crippen molar-refractivity contribution in [2.45, 2.75) is 37.2 Å². The van der Waals surface area contributed by atoms with Gasteiger partial charge in [-0.15, -0.1) is 0 Å². The molecular formula is C12H17NO3. The molecule has 1 aliphatic carbocycles. The number of hydrogen-bond donors (Lipinski definition) is 4. The Morgan fingerprint density at radius 1 is 0.938 bits per heavy atom. The first-order chi connectivity index (χ1) is 7.68. The quantitative estimate of drug-likeness (QED) is 0.583. The maximum atomic E-state index is 9.80. The second-order valence-corrected chi connectivity index (χ2v) is 4.24. The van der Waals surface area contributed by atoms with E-state index in [1.54, 1.807) is 0 Å². The average molecular weight is 223 g/mol. The third-order valence-electron chi connectivity index (χ3n) is 3.06. The molecule has 1 fully saturated rings. The zero-order valence-corrected chi connectivity index (χ0v) is 8.95. The largest absolute Gasteiger partial charge is 0.390 e. The van der Waals surface area contributed by atoms with Crippen LogP contribution in [0.25, 0.3) is 0 Å². The molecule has 4 N–H and O–H groups in total. The van der Waals surface area contributed by atoms with E-state index in [4.69, 9.17) is 0 Å². The van der Waals surface area contributed by atoms with Gasteiger partial charge in [0.05, 0.1) is 12.1 Å². The molecule has 1 aromatic carbocycles. The molecule has 4 unspecified atom stereocenters. The first-order valence-electron chi connectivity index (χ1n) is 5.54. The van der Waals surface area contributed by atoms with Crippen molar-refractivity contribution in [2.75, 3.05) is 5.32 Å². The summed E-state index contributed by atoms with van der Waals surface area (Å²) in [4.78, 5) is 0. The zero-order valence-electron chi connectivity index (χ0n) is 8.95. The van der Waals surface area contributed by atoms with Crippen LogP contribution in [-0.2, 0) is 0 Å². The van der Waals surface area contributed by atoms with Crippen LogP contribution in [0, 0.1) is 0 Å². The molecule has 0 spiro atoms. The second-order valence-electron chi connectivity index (χ2n) is 4.24. The lowest BCUT2D eigenvalue weighted by Gasteiger charge is -2.36. The Hall–Kier alpha value is -1.10. The van der Waals surface area contributed by atoms with Crippen molar-refractivity contribution in [3.63, 3.8) is 0 Å². The van der Waals surface area contributed by atoms with E-state index in [1.165, 1.54) is 0 Å². The molecule has 1 saturated carbocycles. The van der Waals surface area contributed by atoms with Crippen LogP contribution < -0.4 is 5.32 Å². The number of benzene rings is 1. The van der Waals surface area contributed by atoms with Gasteiger partial charge in [0, 0.05) is 5.69 Å². The standard InChI is InChI=1S/C12H17NO3/c14-10-7-6-9(11(15)12(10)16)13-8-4-2-1-3-5-8/h1-5,9-16H,6-7H2. The maximum absolute atomic E-state index is 9.80. The summed E-state index contributed by atoms with van der Waals surface area (Å²) in [6, 6.07) is 9.34. The maximum Gasteiger partial charge on any atom is 0.108 e. The number of para-hydroxylation sites is 1. The van der Waals surface area contributed by atoms with Crippen LogP contribution in [0.5, 0.6) is 0 Å². The molecular weight excluding hydrogens is 206 g/mol. The van der Waals surface area contributed by atoms with Gasteiger partial charge < -0.3 is 20.6 Å². The summed E-state index contributed by atoms with van der Waals surface area (Å²) in [5.41, 5.74) is 0.912. The van der Waals surface area contributed by atoms with E-state index in [1.807, 2.05) is 30.3 Å². The number of rotatable bonds is 2. The molecule has 1 aliphatic rings. The average Bonchev–Trinajstić information content (AvgIpc) is 2.31. The Labute approximate surface area is 94.5 Å². The Bertz CT molecular complexity index is 330. The number of aliphatic hydroxyl groups is 3. The SMILES string of the molecule is OC1CCC(Nc2ccccc2)C(O)C1O. The highest BCUT2D eigenvalue weighted by molar-refractivity contribution is 5.43. The third-order valence-corrected chi connectivity index (χ3v) is 3.06. The summed E-state index contributed by atoms with van der Waals surface area (Å²) >= 11 is 0. The first kappa shape index (κ1) is 11.4. The molecule has 0 amide bonds. The Balaban J connectivity index is 2.00. The minimum atomic E-state index is -1.06. The highest BCUT2D eigenvalue weighted by atomic mass is 16.4. The molecule has 2 rings (SSSR count). The molecule has 0 radical (unpaired) electrons. The summed E-state index contributed by atoms with van der Waals surface area (Å²) < 4.78 is 0. The zero-order chi connectivity index (χ0) is 11.5. The molecule has 0 aromatic heterocycles. The number of aliphatic hydroxyl groups excluding tert-OH is 3. The van der Waals surface area contributed by atoms with Gasteiger partial charge in [-0.3, -0.25) is 0 Å². The summed E-state index contributed by atoms with van der Waals surface area (Å²) in [6.07, 6.45) is -1.65. The summed E-state index contributed by atoms with van der Waals surface area (Å²) in [5.74, 6) is 0. The van der Waals surface area contributed by atoms with Crippen molar-refractivity contribution in [1.82, 2.24) is 0 Å². The van der Waals surface area contributed by atoms with Crippen molar-refractivity contribution in [3.05, 3.63) is 30.3 Å². The lowest BCUT2D eigenvalue weighted by Crippen LogP contribution is -2.51. The van der Waals surface area contributed by atoms with E-state index in [0.717, 1.165) is 5.69 Å². The van der Waals surface area contributed by atoms with Crippen LogP contribution in [0.3, 0.4) is 0 Å². The predicted molar refractivity (Wildman–Crippen MR) is 61.1 cm³/mol. The lowest BCUT2D eigenvalue weighted by atomic mass is 9.87. The van der Waals surface area contributed by atoms with Gasteiger partial charge in [-0.05, 0) is 25.0 Å². The van der Waals surface area contributed by atoms with E-state index in [-0.39, 0.29) is 6.04 Å². The monoisotopic (exact) mass is 223 g/mol. The third kappa shape index (κ3) is 2.35. The van der Waals surface area contributed by atoms with Gasteiger partial charge in [-0.1, -0.05) is 18.2 Å². The van der Waals surface area contributed by atoms with Crippen molar-refractivity contribution < 1.29 is 15.3 Å². The fourth-order valence-electron chi connectivity index (χ4n) is 2.06. The number of anilines is 1. The molecule has 0 saturated heterocycles. The molecule has 0 bridgehead atoms. The predicted octanol–water partition coefficient (Wildman–Crippen LogP) is 0.344. The number of hydrogen-bond acceptors (Lipinski definition) is 4. The van der Waals surface area contributed by atoms with Crippen molar-refractivity contribution in [2.24, 2.45) is 0 Å². The van der Waals surface area contributed by atoms with Gasteiger partial charge in [-0.25, -0.2) is 0 Å². The first-order valence-corrected chi connectivity index (χ1v) is 5.54. The van der Waals surface area contributed by atoms with Crippen molar-refractivity contribution in [1.29, 1.82) is 0 Å². The van der Waals surface area contributed by atoms with E-state index < -0.39 is 18.3 Å². The molecule has 4 heteroatoms. The van der Waals surface area contributed by atoms with Crippen LogP contribution in [-0.4, -0.2) is 39.7 Å². The van der Waals surface area contributed by atoms with E-state index >= 15 is 0 Å². The Kier molecular flexibility index (Phi) is 3.43. The van der Waals surface area contributed by atoms with Gasteiger partial charge in [0.1, 0.15) is 12.2 Å². The fraction of sp³-hybridized carbons (Fsp3) is 0.500. The van der Waals surface area contributed by atoms with Gasteiger partial charge in [0.15, 0.2) is 0 Å². The van der Waals surface area contributed by atoms with Crippen LogP contribution in [0.2, 0.25) is 0 Å². The summed E-state index contributed by atoms with van der Waals surface area (Å²) in [5, 5.41) is 31.9. The molecule has 1 aromatic rings. The van der Waals surface area contributed by atoms with Gasteiger partial charge >= 0.3 is 0 Å². The van der Waals surface area contributed by atoms with Crippen LogP contribution in [0.1, 0.15) is 12.8 Å². The van der Waals surface area contributed by atoms with Crippen LogP contribution in [0.4, 0.5) is 5.69 Å². The van der Waals surface area contributed by atoms with Crippen molar-refractivity contribution in [3.8, 4) is 0 Å². The minimum absolute atomic E-state index is 0.208. The highest BCUT2D eigenvalue weighted by Gasteiger charge is 2.36. The molecule has 0 aliphatic heterocycles. The molecule has 4 atom stereocenters. The highest BCUT2D eigenvalue weighted by Crippen LogP contribution is 2.23. The van der Waals surface area contributed by atoms with E-state index in [0.29, 0.717) is 12.8 Å². The van der Waals surface area contributed by atoms with Gasteiger partial charge in [0.2, 0.25) is 0 Å². The normalized spacial score (nSPS) is 34.7.